The molecular formula is C33H30O4. The van der Waals surface area contributed by atoms with Crippen molar-refractivity contribution in [1.82, 2.24) is 0 Å². The highest BCUT2D eigenvalue weighted by atomic mass is 16.5. The molecule has 186 valence electrons. The standard InChI is InChI=1S/C33H30O4/c1-19-15-23(31(34)36-5)16-20(2)29(19)33(30-21(3)17-24(18-22(30)4)32(35)37-6)27-13-9-7-11-25(27)26-12-8-10-14-28(26)33/h7-18H,1-6H3. The van der Waals surface area contributed by atoms with Crippen LogP contribution in [0.2, 0.25) is 0 Å². The van der Waals surface area contributed by atoms with Gasteiger partial charge in [-0.3, -0.25) is 0 Å². The molecule has 0 N–H and O–H groups in total. The van der Waals surface area contributed by atoms with E-state index in [0.29, 0.717) is 11.1 Å². The Bertz CT molecular complexity index is 1410. The molecule has 4 nitrogen and oxygen atoms in total. The highest BCUT2D eigenvalue weighted by molar-refractivity contribution is 5.93. The van der Waals surface area contributed by atoms with Gasteiger partial charge in [0.15, 0.2) is 0 Å². The Kier molecular flexibility index (Phi) is 5.99. The van der Waals surface area contributed by atoms with Gasteiger partial charge in [-0.25, -0.2) is 9.59 Å². The maximum absolute atomic E-state index is 12.5. The second-order valence-corrected chi connectivity index (χ2v) is 9.79. The van der Waals surface area contributed by atoms with E-state index in [1.165, 1.54) is 36.5 Å². The van der Waals surface area contributed by atoms with Gasteiger partial charge in [0.25, 0.3) is 0 Å². The number of ether oxygens (including phenoxy) is 2. The van der Waals surface area contributed by atoms with Crippen molar-refractivity contribution in [2.45, 2.75) is 33.1 Å². The molecule has 4 aromatic carbocycles. The van der Waals surface area contributed by atoms with Gasteiger partial charge in [-0.05, 0) is 108 Å². The second kappa shape index (κ2) is 9.04. The summed E-state index contributed by atoms with van der Waals surface area (Å²) in [6.07, 6.45) is 0. The summed E-state index contributed by atoms with van der Waals surface area (Å²) >= 11 is 0. The maximum Gasteiger partial charge on any atom is 0.337 e. The van der Waals surface area contributed by atoms with Crippen molar-refractivity contribution in [2.75, 3.05) is 14.2 Å². The van der Waals surface area contributed by atoms with Gasteiger partial charge in [-0.2, -0.15) is 0 Å². The Morgan fingerprint density at radius 3 is 1.22 bits per heavy atom. The molecular weight excluding hydrogens is 460 g/mol. The molecule has 37 heavy (non-hydrogen) atoms. The largest absolute Gasteiger partial charge is 0.465 e. The molecule has 0 saturated heterocycles. The zero-order chi connectivity index (χ0) is 26.5. The van der Waals surface area contributed by atoms with E-state index in [9.17, 15) is 9.59 Å². The number of esters is 2. The molecule has 1 aliphatic rings. The molecule has 0 atom stereocenters. The lowest BCUT2D eigenvalue weighted by Crippen LogP contribution is -2.33. The van der Waals surface area contributed by atoms with Gasteiger partial charge >= 0.3 is 11.9 Å². The summed E-state index contributed by atoms with van der Waals surface area (Å²) in [5, 5.41) is 0. The van der Waals surface area contributed by atoms with Crippen molar-refractivity contribution in [1.29, 1.82) is 0 Å². The summed E-state index contributed by atoms with van der Waals surface area (Å²) in [4.78, 5) is 24.9. The fraction of sp³-hybridized carbons (Fsp3) is 0.212. The third-order valence-corrected chi connectivity index (χ3v) is 7.61. The molecule has 1 aliphatic carbocycles. The first-order valence-corrected chi connectivity index (χ1v) is 12.3. The van der Waals surface area contributed by atoms with Gasteiger partial charge < -0.3 is 9.47 Å². The minimum Gasteiger partial charge on any atom is -0.465 e. The Morgan fingerprint density at radius 2 is 0.892 bits per heavy atom. The third kappa shape index (κ3) is 3.51. The number of hydrogen-bond acceptors (Lipinski definition) is 4. The molecule has 0 bridgehead atoms. The number of methoxy groups -OCH3 is 2. The van der Waals surface area contributed by atoms with Crippen molar-refractivity contribution >= 4 is 11.9 Å². The number of fused-ring (bicyclic) bond motifs is 3. The second-order valence-electron chi connectivity index (χ2n) is 9.79. The van der Waals surface area contributed by atoms with Crippen LogP contribution in [0.5, 0.6) is 0 Å². The van der Waals surface area contributed by atoms with Crippen LogP contribution in [0.4, 0.5) is 0 Å². The van der Waals surface area contributed by atoms with Gasteiger partial charge in [-0.1, -0.05) is 48.5 Å². The van der Waals surface area contributed by atoms with E-state index < -0.39 is 5.41 Å². The normalized spacial score (nSPS) is 13.0. The number of benzene rings is 4. The molecule has 0 amide bonds. The van der Waals surface area contributed by atoms with Crippen LogP contribution in [0.15, 0.2) is 72.8 Å². The number of carbonyl (C=O) groups is 2. The summed E-state index contributed by atoms with van der Waals surface area (Å²) in [5.41, 5.74) is 11.4. The molecule has 0 spiro atoms. The topological polar surface area (TPSA) is 52.6 Å². The summed E-state index contributed by atoms with van der Waals surface area (Å²) in [6, 6.07) is 24.8. The number of aryl methyl sites for hydroxylation is 4. The van der Waals surface area contributed by atoms with Crippen LogP contribution in [0, 0.1) is 27.7 Å². The van der Waals surface area contributed by atoms with E-state index in [0.717, 1.165) is 33.4 Å². The van der Waals surface area contributed by atoms with Crippen molar-refractivity contribution in [3.63, 3.8) is 0 Å². The molecule has 4 heteroatoms. The van der Waals surface area contributed by atoms with E-state index in [-0.39, 0.29) is 11.9 Å². The predicted octanol–water partition coefficient (Wildman–Crippen LogP) is 6.86. The van der Waals surface area contributed by atoms with Crippen LogP contribution >= 0.6 is 0 Å². The van der Waals surface area contributed by atoms with E-state index in [1.54, 1.807) is 0 Å². The van der Waals surface area contributed by atoms with Gasteiger partial charge in [0.2, 0.25) is 0 Å². The zero-order valence-electron chi connectivity index (χ0n) is 22.1. The van der Waals surface area contributed by atoms with Gasteiger partial charge in [-0.15, -0.1) is 0 Å². The lowest BCUT2D eigenvalue weighted by atomic mass is 9.63. The molecule has 0 unspecified atom stereocenters. The molecule has 5 rings (SSSR count). The summed E-state index contributed by atoms with van der Waals surface area (Å²) in [5.74, 6) is -0.706. The van der Waals surface area contributed by atoms with Crippen LogP contribution in [0.25, 0.3) is 11.1 Å². The summed E-state index contributed by atoms with van der Waals surface area (Å²) in [7, 11) is 2.81. The van der Waals surface area contributed by atoms with Crippen molar-refractivity contribution in [3.8, 4) is 11.1 Å². The van der Waals surface area contributed by atoms with Crippen molar-refractivity contribution in [2.24, 2.45) is 0 Å². The highest BCUT2D eigenvalue weighted by Crippen LogP contribution is 2.58. The fourth-order valence-electron chi connectivity index (χ4n) is 6.48. The third-order valence-electron chi connectivity index (χ3n) is 7.61. The van der Waals surface area contributed by atoms with Crippen LogP contribution in [0.3, 0.4) is 0 Å². The van der Waals surface area contributed by atoms with E-state index in [4.69, 9.17) is 9.47 Å². The minimum absolute atomic E-state index is 0.353. The first-order valence-electron chi connectivity index (χ1n) is 12.3. The van der Waals surface area contributed by atoms with Gasteiger partial charge in [0.05, 0.1) is 30.8 Å². The molecule has 4 aromatic rings. The molecule has 0 heterocycles. The quantitative estimate of drug-likeness (QED) is 0.258. The minimum atomic E-state index is -0.640. The maximum atomic E-state index is 12.5. The lowest BCUT2D eigenvalue weighted by molar-refractivity contribution is 0.0591. The van der Waals surface area contributed by atoms with Crippen molar-refractivity contribution in [3.05, 3.63) is 128 Å². The van der Waals surface area contributed by atoms with Crippen molar-refractivity contribution < 1.29 is 19.1 Å². The SMILES string of the molecule is COC(=O)c1cc(C)c(C2(c3c(C)cc(C(=O)OC)cc3C)c3ccccc3-c3ccccc32)c(C)c1. The molecule has 0 saturated carbocycles. The summed E-state index contributed by atoms with van der Waals surface area (Å²) in [6.45, 7) is 8.25. The Balaban J connectivity index is 1.97. The smallest absolute Gasteiger partial charge is 0.337 e. The van der Waals surface area contributed by atoms with Gasteiger partial charge in [0, 0.05) is 0 Å². The van der Waals surface area contributed by atoms with E-state index >= 15 is 0 Å². The predicted molar refractivity (Wildman–Crippen MR) is 145 cm³/mol. The number of rotatable bonds is 4. The monoisotopic (exact) mass is 490 g/mol. The van der Waals surface area contributed by atoms with Gasteiger partial charge in [0.1, 0.15) is 0 Å². The molecule has 0 aromatic heterocycles. The van der Waals surface area contributed by atoms with Crippen LogP contribution < -0.4 is 0 Å². The summed E-state index contributed by atoms with van der Waals surface area (Å²) < 4.78 is 10.1. The lowest BCUT2D eigenvalue weighted by Gasteiger charge is -2.39. The van der Waals surface area contributed by atoms with Crippen LogP contribution in [-0.4, -0.2) is 26.2 Å². The molecule has 0 radical (unpaired) electrons. The first kappa shape index (κ1) is 24.5. The first-order chi connectivity index (χ1) is 17.7. The van der Waals surface area contributed by atoms with E-state index in [1.807, 2.05) is 24.3 Å². The average molecular weight is 491 g/mol. The van der Waals surface area contributed by atoms with E-state index in [2.05, 4.69) is 76.2 Å². The molecule has 0 aliphatic heterocycles. The number of carbonyl (C=O) groups excluding carboxylic acids is 2. The Morgan fingerprint density at radius 1 is 0.568 bits per heavy atom. The fourth-order valence-corrected chi connectivity index (χ4v) is 6.48. The van der Waals surface area contributed by atoms with Crippen LogP contribution in [0.1, 0.15) is 65.2 Å². The highest BCUT2D eigenvalue weighted by Gasteiger charge is 2.49. The molecule has 0 fully saturated rings. The Hall–Kier alpha value is -4.18. The average Bonchev–Trinajstić information content (AvgIpc) is 3.18. The number of hydrogen-bond donors (Lipinski definition) is 0. The van der Waals surface area contributed by atoms with Crippen LogP contribution in [-0.2, 0) is 14.9 Å². The Labute approximate surface area is 217 Å². The zero-order valence-corrected chi connectivity index (χ0v) is 22.1.